The van der Waals surface area contributed by atoms with E-state index < -0.39 is 5.97 Å². The molecule has 6 nitrogen and oxygen atoms in total. The molecule has 2 aliphatic rings. The van der Waals surface area contributed by atoms with Gasteiger partial charge in [-0.15, -0.1) is 0 Å². The highest BCUT2D eigenvalue weighted by atomic mass is 16.5. The first kappa shape index (κ1) is 12.6. The van der Waals surface area contributed by atoms with Crippen LogP contribution in [-0.4, -0.2) is 39.2 Å². The van der Waals surface area contributed by atoms with Crippen LogP contribution in [0.1, 0.15) is 29.8 Å². The summed E-state index contributed by atoms with van der Waals surface area (Å²) in [5.74, 6) is 0.0863. The third-order valence-electron chi connectivity index (χ3n) is 4.28. The zero-order valence-corrected chi connectivity index (χ0v) is 11.5. The van der Waals surface area contributed by atoms with Crippen LogP contribution in [-0.2, 0) is 4.74 Å². The summed E-state index contributed by atoms with van der Waals surface area (Å²) >= 11 is 0. The van der Waals surface area contributed by atoms with E-state index in [9.17, 15) is 9.90 Å². The molecule has 2 aromatic heterocycles. The van der Waals surface area contributed by atoms with Crippen LogP contribution in [0.25, 0.3) is 5.65 Å². The van der Waals surface area contributed by atoms with Crippen molar-refractivity contribution in [3.05, 3.63) is 30.1 Å². The number of hydrogen-bond acceptors (Lipinski definition) is 4. The van der Waals surface area contributed by atoms with Crippen molar-refractivity contribution in [1.82, 2.24) is 9.38 Å². The third-order valence-corrected chi connectivity index (χ3v) is 4.28. The smallest absolute Gasteiger partial charge is 0.356 e. The van der Waals surface area contributed by atoms with Gasteiger partial charge in [-0.1, -0.05) is 6.07 Å². The number of fused-ring (bicyclic) bond motifs is 1. The Balaban J connectivity index is 1.69. The van der Waals surface area contributed by atoms with Gasteiger partial charge in [0.15, 0.2) is 11.5 Å². The first-order valence-electron chi connectivity index (χ1n) is 7.32. The van der Waals surface area contributed by atoms with Gasteiger partial charge in [0.2, 0.25) is 0 Å². The van der Waals surface area contributed by atoms with Crippen LogP contribution in [0.5, 0.6) is 0 Å². The molecule has 0 bridgehead atoms. The average Bonchev–Trinajstić information content (AvgIpc) is 3.09. The second-order valence-electron chi connectivity index (χ2n) is 5.76. The van der Waals surface area contributed by atoms with Gasteiger partial charge >= 0.3 is 5.97 Å². The number of aromatic carboxylic acids is 1. The number of imidazole rings is 1. The van der Waals surface area contributed by atoms with Gasteiger partial charge in [0.25, 0.3) is 0 Å². The highest BCUT2D eigenvalue weighted by Crippen LogP contribution is 2.39. The van der Waals surface area contributed by atoms with Crippen LogP contribution in [0.15, 0.2) is 24.4 Å². The minimum absolute atomic E-state index is 0.153. The van der Waals surface area contributed by atoms with Crippen molar-refractivity contribution >= 4 is 17.4 Å². The Morgan fingerprint density at radius 3 is 3.00 bits per heavy atom. The fraction of sp³-hybridized carbons (Fsp3) is 0.467. The first-order chi connectivity index (χ1) is 10.2. The van der Waals surface area contributed by atoms with Gasteiger partial charge < -0.3 is 15.2 Å². The number of nitrogens with zero attached hydrogens (tertiary/aromatic N) is 2. The summed E-state index contributed by atoms with van der Waals surface area (Å²) in [6.45, 7) is 0.731. The van der Waals surface area contributed by atoms with E-state index in [1.54, 1.807) is 22.7 Å². The number of anilines is 1. The molecule has 4 rings (SSSR count). The van der Waals surface area contributed by atoms with Gasteiger partial charge in [0.05, 0.1) is 12.1 Å². The molecular formula is C15H17N3O3. The number of aromatic nitrogens is 2. The lowest BCUT2D eigenvalue weighted by atomic mass is 10.1. The molecular weight excluding hydrogens is 270 g/mol. The summed E-state index contributed by atoms with van der Waals surface area (Å²) in [6.07, 6.45) is 5.23. The van der Waals surface area contributed by atoms with E-state index in [-0.39, 0.29) is 17.8 Å². The summed E-state index contributed by atoms with van der Waals surface area (Å²) in [5, 5.41) is 12.8. The van der Waals surface area contributed by atoms with E-state index in [1.807, 2.05) is 6.07 Å². The molecule has 1 aliphatic carbocycles. The Hall–Kier alpha value is -2.08. The zero-order valence-electron chi connectivity index (χ0n) is 11.5. The largest absolute Gasteiger partial charge is 0.476 e. The number of carboxylic acid groups (broad SMARTS) is 1. The number of ether oxygens (including phenoxy) is 1. The van der Waals surface area contributed by atoms with Gasteiger partial charge in [-0.3, -0.25) is 4.40 Å². The molecule has 1 aliphatic heterocycles. The van der Waals surface area contributed by atoms with Crippen LogP contribution in [0.3, 0.4) is 0 Å². The number of carboxylic acids is 1. The topological polar surface area (TPSA) is 75.9 Å². The fourth-order valence-electron chi connectivity index (χ4n) is 3.13. The maximum atomic E-state index is 11.6. The normalized spacial score (nSPS) is 25.3. The predicted octanol–water partition coefficient (Wildman–Crippen LogP) is 2.01. The van der Waals surface area contributed by atoms with Crippen molar-refractivity contribution in [3.8, 4) is 0 Å². The lowest BCUT2D eigenvalue weighted by molar-refractivity contribution is 0.0689. The fourth-order valence-corrected chi connectivity index (χ4v) is 3.13. The third kappa shape index (κ3) is 2.15. The minimum Gasteiger partial charge on any atom is -0.476 e. The molecule has 0 amide bonds. The van der Waals surface area contributed by atoms with Crippen molar-refractivity contribution in [2.45, 2.75) is 31.4 Å². The Morgan fingerprint density at radius 2 is 2.24 bits per heavy atom. The van der Waals surface area contributed by atoms with Crippen molar-refractivity contribution < 1.29 is 14.6 Å². The molecule has 2 fully saturated rings. The van der Waals surface area contributed by atoms with Gasteiger partial charge in [-0.2, -0.15) is 0 Å². The molecule has 0 radical (unpaired) electrons. The molecule has 2 atom stereocenters. The Labute approximate surface area is 121 Å². The minimum atomic E-state index is -0.974. The van der Waals surface area contributed by atoms with Gasteiger partial charge in [0.1, 0.15) is 5.65 Å². The second-order valence-corrected chi connectivity index (χ2v) is 5.76. The van der Waals surface area contributed by atoms with Crippen molar-refractivity contribution in [2.24, 2.45) is 5.92 Å². The number of pyridine rings is 1. The van der Waals surface area contributed by atoms with Crippen molar-refractivity contribution in [1.29, 1.82) is 0 Å². The quantitative estimate of drug-likeness (QED) is 0.899. The summed E-state index contributed by atoms with van der Waals surface area (Å²) < 4.78 is 7.40. The van der Waals surface area contributed by atoms with Gasteiger partial charge in [0, 0.05) is 12.8 Å². The van der Waals surface area contributed by atoms with E-state index in [1.165, 1.54) is 12.8 Å². The Morgan fingerprint density at radius 1 is 1.38 bits per heavy atom. The highest BCUT2D eigenvalue weighted by Gasteiger charge is 2.41. The number of rotatable bonds is 4. The van der Waals surface area contributed by atoms with E-state index in [0.717, 1.165) is 13.0 Å². The second kappa shape index (κ2) is 4.73. The molecule has 1 saturated heterocycles. The van der Waals surface area contributed by atoms with Gasteiger partial charge in [-0.05, 0) is 37.3 Å². The number of hydrogen-bond donors (Lipinski definition) is 2. The van der Waals surface area contributed by atoms with E-state index in [2.05, 4.69) is 10.3 Å². The monoisotopic (exact) mass is 287 g/mol. The SMILES string of the molecule is O=C(O)c1c(NC2CCOC2C2CC2)nc2ccccn12. The van der Waals surface area contributed by atoms with E-state index in [4.69, 9.17) is 4.74 Å². The van der Waals surface area contributed by atoms with Crippen molar-refractivity contribution in [2.75, 3.05) is 11.9 Å². The molecule has 21 heavy (non-hydrogen) atoms. The van der Waals surface area contributed by atoms with Gasteiger partial charge in [-0.25, -0.2) is 9.78 Å². The molecule has 0 aromatic carbocycles. The summed E-state index contributed by atoms with van der Waals surface area (Å²) in [4.78, 5) is 16.0. The highest BCUT2D eigenvalue weighted by molar-refractivity contribution is 5.93. The lowest BCUT2D eigenvalue weighted by Gasteiger charge is -2.19. The average molecular weight is 287 g/mol. The Bertz CT molecular complexity index is 693. The van der Waals surface area contributed by atoms with E-state index >= 15 is 0 Å². The first-order valence-corrected chi connectivity index (χ1v) is 7.32. The zero-order chi connectivity index (χ0) is 14.4. The molecule has 2 unspecified atom stereocenters. The maximum absolute atomic E-state index is 11.6. The predicted molar refractivity (Wildman–Crippen MR) is 76.6 cm³/mol. The van der Waals surface area contributed by atoms with Crippen molar-refractivity contribution in [3.63, 3.8) is 0 Å². The number of carbonyl (C=O) groups is 1. The lowest BCUT2D eigenvalue weighted by Crippen LogP contribution is -2.31. The molecule has 3 heterocycles. The molecule has 0 spiro atoms. The standard InChI is InChI=1S/C15H17N3O3/c19-15(20)12-14(17-11-3-1-2-7-18(11)12)16-10-6-8-21-13(10)9-4-5-9/h1-3,7,9-10,13,16H,4-6,8H2,(H,19,20). The van der Waals surface area contributed by atoms with Crippen LogP contribution >= 0.6 is 0 Å². The summed E-state index contributed by atoms with van der Waals surface area (Å²) in [6, 6.07) is 5.61. The molecule has 2 N–H and O–H groups in total. The summed E-state index contributed by atoms with van der Waals surface area (Å²) in [7, 11) is 0. The molecule has 6 heteroatoms. The maximum Gasteiger partial charge on any atom is 0.356 e. The molecule has 2 aromatic rings. The number of nitrogens with one attached hydrogen (secondary N) is 1. The van der Waals surface area contributed by atoms with Crippen LogP contribution in [0.4, 0.5) is 5.82 Å². The van der Waals surface area contributed by atoms with Crippen LogP contribution < -0.4 is 5.32 Å². The molecule has 1 saturated carbocycles. The van der Waals surface area contributed by atoms with Crippen LogP contribution in [0.2, 0.25) is 0 Å². The van der Waals surface area contributed by atoms with Crippen LogP contribution in [0, 0.1) is 5.92 Å². The molecule has 110 valence electrons. The summed E-state index contributed by atoms with van der Waals surface area (Å²) in [5.41, 5.74) is 0.825. The Kier molecular flexibility index (Phi) is 2.85. The van der Waals surface area contributed by atoms with E-state index in [0.29, 0.717) is 17.4 Å².